The Balaban J connectivity index is 2.16. The fourth-order valence-corrected chi connectivity index (χ4v) is 3.05. The molecule has 0 aromatic carbocycles. The van der Waals surface area contributed by atoms with Crippen molar-refractivity contribution >= 4 is 21.8 Å². The highest BCUT2D eigenvalue weighted by molar-refractivity contribution is 9.10. The predicted octanol–water partition coefficient (Wildman–Crippen LogP) is 2.15. The first kappa shape index (κ1) is 14.5. The Morgan fingerprint density at radius 1 is 1.63 bits per heavy atom. The normalized spacial score (nSPS) is 18.4. The van der Waals surface area contributed by atoms with Gasteiger partial charge in [-0.05, 0) is 47.5 Å². The molecule has 1 aromatic heterocycles. The summed E-state index contributed by atoms with van der Waals surface area (Å²) in [5.74, 6) is 0.603. The van der Waals surface area contributed by atoms with Crippen molar-refractivity contribution in [3.8, 4) is 0 Å². The van der Waals surface area contributed by atoms with Crippen molar-refractivity contribution in [2.75, 3.05) is 6.54 Å². The number of nitrogens with two attached hydrogens (primary N) is 1. The van der Waals surface area contributed by atoms with E-state index in [0.717, 1.165) is 23.0 Å². The largest absolute Gasteiger partial charge is 0.344 e. The van der Waals surface area contributed by atoms with Gasteiger partial charge in [0.25, 0.3) is 5.91 Å². The second kappa shape index (κ2) is 5.25. The molecule has 0 radical (unpaired) electrons. The molecule has 1 fully saturated rings. The van der Waals surface area contributed by atoms with Crippen LogP contribution < -0.4 is 11.1 Å². The minimum absolute atomic E-state index is 0.171. The van der Waals surface area contributed by atoms with Gasteiger partial charge in [0.1, 0.15) is 0 Å². The molecule has 4 N–H and O–H groups in total. The van der Waals surface area contributed by atoms with E-state index in [1.165, 1.54) is 0 Å². The number of amides is 1. The highest BCUT2D eigenvalue weighted by Gasteiger charge is 2.42. The van der Waals surface area contributed by atoms with Gasteiger partial charge in [-0.25, -0.2) is 0 Å². The van der Waals surface area contributed by atoms with Crippen LogP contribution >= 0.6 is 15.9 Å². The molecule has 1 atom stereocenters. The zero-order chi connectivity index (χ0) is 14.2. The molecular formula is C13H21BrN4O. The Kier molecular flexibility index (Phi) is 4.01. The number of carbonyl (C=O) groups excluding carboxylic acids is 1. The number of hydrogen-bond acceptors (Lipinski definition) is 3. The van der Waals surface area contributed by atoms with E-state index in [1.54, 1.807) is 0 Å². The molecule has 1 aliphatic carbocycles. The average molecular weight is 329 g/mol. The summed E-state index contributed by atoms with van der Waals surface area (Å²) in [7, 11) is 0. The third kappa shape index (κ3) is 2.84. The fourth-order valence-electron chi connectivity index (χ4n) is 2.23. The standard InChI is InChI=1S/C13H21BrN4O/c1-7(2)10-9(14)11(18-17-10)12(19)16-13(3,6-15)8-4-5-8/h7-8H,4-6,15H2,1-3H3,(H,16,19)(H,17,18). The molecule has 0 saturated heterocycles. The molecule has 2 rings (SSSR count). The highest BCUT2D eigenvalue weighted by atomic mass is 79.9. The first-order chi connectivity index (χ1) is 8.89. The number of aromatic amines is 1. The molecule has 1 amide bonds. The molecule has 6 heteroatoms. The molecule has 5 nitrogen and oxygen atoms in total. The fraction of sp³-hybridized carbons (Fsp3) is 0.692. The molecule has 0 bridgehead atoms. The molecule has 1 saturated carbocycles. The van der Waals surface area contributed by atoms with Gasteiger partial charge in [-0.3, -0.25) is 9.89 Å². The maximum Gasteiger partial charge on any atom is 0.273 e. The zero-order valence-corrected chi connectivity index (χ0v) is 13.2. The summed E-state index contributed by atoms with van der Waals surface area (Å²) in [6.45, 7) is 6.55. The van der Waals surface area contributed by atoms with E-state index < -0.39 is 0 Å². The van der Waals surface area contributed by atoms with Crippen molar-refractivity contribution in [3.63, 3.8) is 0 Å². The van der Waals surface area contributed by atoms with Crippen LogP contribution in [0.4, 0.5) is 0 Å². The van der Waals surface area contributed by atoms with Gasteiger partial charge in [0, 0.05) is 6.54 Å². The second-order valence-corrected chi connectivity index (χ2v) is 6.60. The van der Waals surface area contributed by atoms with Gasteiger partial charge < -0.3 is 11.1 Å². The van der Waals surface area contributed by atoms with Gasteiger partial charge in [0.15, 0.2) is 5.69 Å². The Morgan fingerprint density at radius 2 is 2.26 bits per heavy atom. The molecule has 106 valence electrons. The van der Waals surface area contributed by atoms with E-state index in [-0.39, 0.29) is 17.4 Å². The zero-order valence-electron chi connectivity index (χ0n) is 11.6. The van der Waals surface area contributed by atoms with Gasteiger partial charge in [-0.2, -0.15) is 5.10 Å². The van der Waals surface area contributed by atoms with Crippen LogP contribution in [0.5, 0.6) is 0 Å². The third-order valence-corrected chi connectivity index (χ3v) is 4.63. The second-order valence-electron chi connectivity index (χ2n) is 5.80. The lowest BCUT2D eigenvalue weighted by Crippen LogP contribution is -2.53. The highest BCUT2D eigenvalue weighted by Crippen LogP contribution is 2.39. The van der Waals surface area contributed by atoms with Crippen molar-refractivity contribution in [1.29, 1.82) is 0 Å². The van der Waals surface area contributed by atoms with E-state index in [2.05, 4.69) is 31.4 Å². The summed E-state index contributed by atoms with van der Waals surface area (Å²) < 4.78 is 0.746. The maximum absolute atomic E-state index is 12.3. The Bertz CT molecular complexity index is 481. The van der Waals surface area contributed by atoms with Crippen molar-refractivity contribution in [2.45, 2.75) is 45.1 Å². The molecule has 1 unspecified atom stereocenters. The Labute approximate surface area is 121 Å². The van der Waals surface area contributed by atoms with Crippen LogP contribution in [0.2, 0.25) is 0 Å². The van der Waals surface area contributed by atoms with Crippen molar-refractivity contribution in [1.82, 2.24) is 15.5 Å². The molecule has 19 heavy (non-hydrogen) atoms. The Hall–Kier alpha value is -0.880. The third-order valence-electron chi connectivity index (χ3n) is 3.83. The molecule has 0 aliphatic heterocycles. The predicted molar refractivity (Wildman–Crippen MR) is 78.0 cm³/mol. The molecule has 0 spiro atoms. The molecular weight excluding hydrogens is 308 g/mol. The van der Waals surface area contributed by atoms with Gasteiger partial charge in [0.2, 0.25) is 0 Å². The summed E-state index contributed by atoms with van der Waals surface area (Å²) >= 11 is 3.45. The van der Waals surface area contributed by atoms with Gasteiger partial charge in [0.05, 0.1) is 15.7 Å². The molecule has 1 aliphatic rings. The minimum atomic E-state index is -0.326. The first-order valence-corrected chi connectivity index (χ1v) is 7.44. The van der Waals surface area contributed by atoms with Crippen LogP contribution in [0.25, 0.3) is 0 Å². The van der Waals surface area contributed by atoms with Crippen molar-refractivity contribution in [3.05, 3.63) is 15.9 Å². The van der Waals surface area contributed by atoms with E-state index in [1.807, 2.05) is 20.8 Å². The van der Waals surface area contributed by atoms with Crippen molar-refractivity contribution < 1.29 is 4.79 Å². The van der Waals surface area contributed by atoms with Crippen LogP contribution in [0.15, 0.2) is 4.47 Å². The van der Waals surface area contributed by atoms with Crippen LogP contribution in [-0.2, 0) is 0 Å². The number of aromatic nitrogens is 2. The van der Waals surface area contributed by atoms with Gasteiger partial charge in [-0.1, -0.05) is 13.8 Å². The topological polar surface area (TPSA) is 83.8 Å². The summed E-state index contributed by atoms with van der Waals surface area (Å²) in [6.07, 6.45) is 2.26. The Morgan fingerprint density at radius 3 is 2.68 bits per heavy atom. The van der Waals surface area contributed by atoms with E-state index in [0.29, 0.717) is 18.2 Å². The number of H-pyrrole nitrogens is 1. The van der Waals surface area contributed by atoms with Crippen LogP contribution in [0.1, 0.15) is 55.7 Å². The smallest absolute Gasteiger partial charge is 0.273 e. The summed E-state index contributed by atoms with van der Waals surface area (Å²) in [5, 5.41) is 10.1. The van der Waals surface area contributed by atoms with Gasteiger partial charge >= 0.3 is 0 Å². The number of halogens is 1. The lowest BCUT2D eigenvalue weighted by Gasteiger charge is -2.29. The van der Waals surface area contributed by atoms with Crippen LogP contribution in [0, 0.1) is 5.92 Å². The first-order valence-electron chi connectivity index (χ1n) is 6.65. The number of carbonyl (C=O) groups is 1. The minimum Gasteiger partial charge on any atom is -0.344 e. The number of nitrogens with zero attached hydrogens (tertiary/aromatic N) is 1. The van der Waals surface area contributed by atoms with Crippen molar-refractivity contribution in [2.24, 2.45) is 11.7 Å². The van der Waals surface area contributed by atoms with Crippen LogP contribution in [-0.4, -0.2) is 28.2 Å². The summed E-state index contributed by atoms with van der Waals surface area (Å²) in [6, 6.07) is 0. The van der Waals surface area contributed by atoms with E-state index >= 15 is 0 Å². The SMILES string of the molecule is CC(C)c1[nH]nc(C(=O)NC(C)(CN)C2CC2)c1Br. The number of nitrogens with one attached hydrogen (secondary N) is 2. The maximum atomic E-state index is 12.3. The number of rotatable bonds is 5. The quantitative estimate of drug-likeness (QED) is 0.774. The van der Waals surface area contributed by atoms with E-state index in [4.69, 9.17) is 5.73 Å². The van der Waals surface area contributed by atoms with Crippen LogP contribution in [0.3, 0.4) is 0 Å². The summed E-state index contributed by atoms with van der Waals surface area (Å²) in [4.78, 5) is 12.3. The lowest BCUT2D eigenvalue weighted by molar-refractivity contribution is 0.0892. The molecule has 1 heterocycles. The average Bonchev–Trinajstić information content (AvgIpc) is 3.12. The van der Waals surface area contributed by atoms with E-state index in [9.17, 15) is 4.79 Å². The lowest BCUT2D eigenvalue weighted by atomic mass is 9.96. The summed E-state index contributed by atoms with van der Waals surface area (Å²) in [5.41, 5.74) is 6.83. The number of hydrogen-bond donors (Lipinski definition) is 3. The monoisotopic (exact) mass is 328 g/mol. The molecule has 1 aromatic rings. The van der Waals surface area contributed by atoms with Gasteiger partial charge in [-0.15, -0.1) is 0 Å².